The lowest BCUT2D eigenvalue weighted by Crippen LogP contribution is -2.40. The van der Waals surface area contributed by atoms with Crippen LogP contribution in [0.15, 0.2) is 60.8 Å². The minimum Gasteiger partial charge on any atom is -0.374 e. The molecule has 0 saturated heterocycles. The first-order chi connectivity index (χ1) is 11.9. The zero-order valence-electron chi connectivity index (χ0n) is 14.3. The summed E-state index contributed by atoms with van der Waals surface area (Å²) in [5, 5.41) is 0. The lowest BCUT2D eigenvalue weighted by Gasteiger charge is -2.19. The van der Waals surface area contributed by atoms with E-state index in [1.165, 1.54) is 0 Å². The Balaban J connectivity index is 0.000000299. The maximum atomic E-state index is 13.3. The van der Waals surface area contributed by atoms with E-state index in [0.29, 0.717) is 5.56 Å². The molecule has 134 valence electrons. The molecule has 0 fully saturated rings. The molecule has 0 spiro atoms. The van der Waals surface area contributed by atoms with Gasteiger partial charge < -0.3 is 13.3 Å². The summed E-state index contributed by atoms with van der Waals surface area (Å²) >= 11 is 0. The molecule has 2 rings (SSSR count). The van der Waals surface area contributed by atoms with Crippen LogP contribution in [0.4, 0.5) is 8.78 Å². The van der Waals surface area contributed by atoms with E-state index in [1.807, 2.05) is 0 Å². The van der Waals surface area contributed by atoms with E-state index >= 15 is 0 Å². The third-order valence-electron chi connectivity index (χ3n) is 3.31. The molecule has 0 saturated carbocycles. The van der Waals surface area contributed by atoms with E-state index in [9.17, 15) is 13.6 Å². The highest BCUT2D eigenvalue weighted by Crippen LogP contribution is 2.14. The molecule has 0 unspecified atom stereocenters. The molecule has 2 aromatic carbocycles. The van der Waals surface area contributed by atoms with E-state index in [4.69, 9.17) is 13.3 Å². The summed E-state index contributed by atoms with van der Waals surface area (Å²) in [6.45, 7) is 3.53. The van der Waals surface area contributed by atoms with E-state index < -0.39 is 26.2 Å². The maximum absolute atomic E-state index is 13.3. The summed E-state index contributed by atoms with van der Waals surface area (Å²) in [6, 6.07) is 11.1. The highest BCUT2D eigenvalue weighted by molar-refractivity contribution is 6.66. The SMILES string of the molecule is C=C[Si](OC)(OC)OC.O=C(c1ccccc1)c1cc(F)ccc1F. The van der Waals surface area contributed by atoms with Gasteiger partial charge in [0, 0.05) is 26.9 Å². The molecule has 7 heteroatoms. The Morgan fingerprint density at radius 2 is 1.56 bits per heavy atom. The van der Waals surface area contributed by atoms with Crippen molar-refractivity contribution in [3.8, 4) is 0 Å². The molecule has 4 nitrogen and oxygen atoms in total. The second-order valence-electron chi connectivity index (χ2n) is 4.74. The molecule has 0 heterocycles. The predicted octanol–water partition coefficient (Wildman–Crippen LogP) is 3.79. The Kier molecular flexibility index (Phi) is 8.30. The van der Waals surface area contributed by atoms with Crippen molar-refractivity contribution in [2.45, 2.75) is 0 Å². The fraction of sp³-hybridized carbons (Fsp3) is 0.167. The highest BCUT2D eigenvalue weighted by Gasteiger charge is 2.33. The Morgan fingerprint density at radius 3 is 2.00 bits per heavy atom. The summed E-state index contributed by atoms with van der Waals surface area (Å²) in [5.74, 6) is -1.85. The molecule has 0 bridgehead atoms. The third-order valence-corrected chi connectivity index (χ3v) is 5.52. The fourth-order valence-corrected chi connectivity index (χ4v) is 2.92. The standard InChI is InChI=1S/C13H8F2O.C5H12O3Si/c14-10-6-7-12(15)11(8-10)13(16)9-4-2-1-3-5-9;1-5-9(6-2,7-3)8-4/h1-8H;5H,1H2,2-4H3. The number of rotatable bonds is 6. The normalized spacial score (nSPS) is 10.6. The van der Waals surface area contributed by atoms with Crippen LogP contribution in [0.1, 0.15) is 15.9 Å². The van der Waals surface area contributed by atoms with Crippen molar-refractivity contribution in [3.63, 3.8) is 0 Å². The molecule has 0 atom stereocenters. The number of ketones is 1. The Morgan fingerprint density at radius 1 is 1.00 bits per heavy atom. The molecular weight excluding hydrogens is 346 g/mol. The molecule has 25 heavy (non-hydrogen) atoms. The molecule has 0 aliphatic rings. The molecule has 0 aromatic heterocycles. The molecule has 0 N–H and O–H groups in total. The van der Waals surface area contributed by atoms with Crippen LogP contribution in [0.5, 0.6) is 0 Å². The average Bonchev–Trinajstić information content (AvgIpc) is 2.67. The predicted molar refractivity (Wildman–Crippen MR) is 93.2 cm³/mol. The van der Waals surface area contributed by atoms with Crippen molar-refractivity contribution in [2.24, 2.45) is 0 Å². The van der Waals surface area contributed by atoms with Crippen molar-refractivity contribution < 1.29 is 26.9 Å². The molecular formula is C18H20F2O4Si. The van der Waals surface area contributed by atoms with Gasteiger partial charge in [-0.15, -0.1) is 0 Å². The van der Waals surface area contributed by atoms with E-state index in [0.717, 1.165) is 18.2 Å². The van der Waals surface area contributed by atoms with Gasteiger partial charge >= 0.3 is 8.80 Å². The van der Waals surface area contributed by atoms with E-state index in [-0.39, 0.29) is 5.56 Å². The largest absolute Gasteiger partial charge is 0.528 e. The lowest BCUT2D eigenvalue weighted by atomic mass is 10.0. The summed E-state index contributed by atoms with van der Waals surface area (Å²) in [7, 11) is 2.20. The van der Waals surface area contributed by atoms with Crippen LogP contribution in [0.25, 0.3) is 0 Å². The van der Waals surface area contributed by atoms with Gasteiger partial charge in [-0.1, -0.05) is 36.9 Å². The average molecular weight is 366 g/mol. The van der Waals surface area contributed by atoms with Crippen LogP contribution in [0.3, 0.4) is 0 Å². The minimum absolute atomic E-state index is 0.244. The van der Waals surface area contributed by atoms with Gasteiger partial charge in [0.05, 0.1) is 5.56 Å². The number of carbonyl (C=O) groups excluding carboxylic acids is 1. The number of carbonyl (C=O) groups is 1. The summed E-state index contributed by atoms with van der Waals surface area (Å²) < 4.78 is 41.1. The van der Waals surface area contributed by atoms with Crippen LogP contribution in [-0.4, -0.2) is 35.9 Å². The van der Waals surface area contributed by atoms with Crippen molar-refractivity contribution in [2.75, 3.05) is 21.3 Å². The molecule has 0 amide bonds. The minimum atomic E-state index is -2.43. The first-order valence-electron chi connectivity index (χ1n) is 7.26. The van der Waals surface area contributed by atoms with Gasteiger partial charge in [0.15, 0.2) is 5.78 Å². The third kappa shape index (κ3) is 5.68. The molecule has 0 aliphatic carbocycles. The van der Waals surface area contributed by atoms with Gasteiger partial charge in [-0.3, -0.25) is 4.79 Å². The van der Waals surface area contributed by atoms with Crippen molar-refractivity contribution in [1.82, 2.24) is 0 Å². The summed E-state index contributed by atoms with van der Waals surface area (Å²) in [5.41, 5.74) is 1.67. The number of hydrogen-bond acceptors (Lipinski definition) is 4. The number of hydrogen-bond donors (Lipinski definition) is 0. The second-order valence-corrected chi connectivity index (χ2v) is 7.58. The van der Waals surface area contributed by atoms with Gasteiger partial charge in [-0.25, -0.2) is 8.78 Å². The van der Waals surface area contributed by atoms with Crippen LogP contribution in [0.2, 0.25) is 0 Å². The Labute approximate surface area is 147 Å². The number of halogens is 2. The van der Waals surface area contributed by atoms with Crippen molar-refractivity contribution >= 4 is 14.6 Å². The monoisotopic (exact) mass is 366 g/mol. The number of benzene rings is 2. The lowest BCUT2D eigenvalue weighted by molar-refractivity contribution is 0.103. The van der Waals surface area contributed by atoms with Crippen LogP contribution >= 0.6 is 0 Å². The topological polar surface area (TPSA) is 44.8 Å². The first kappa shape index (κ1) is 20.9. The molecule has 0 radical (unpaired) electrons. The Bertz CT molecular complexity index is 695. The zero-order chi connectivity index (χ0) is 18.9. The fourth-order valence-electron chi connectivity index (χ4n) is 1.92. The maximum Gasteiger partial charge on any atom is 0.528 e. The van der Waals surface area contributed by atoms with Gasteiger partial charge in [0.2, 0.25) is 0 Å². The van der Waals surface area contributed by atoms with Crippen LogP contribution in [0, 0.1) is 11.6 Å². The molecule has 2 aromatic rings. The van der Waals surface area contributed by atoms with Crippen molar-refractivity contribution in [1.29, 1.82) is 0 Å². The van der Waals surface area contributed by atoms with Crippen LogP contribution in [-0.2, 0) is 13.3 Å². The Hall–Kier alpha value is -2.19. The smallest absolute Gasteiger partial charge is 0.374 e. The summed E-state index contributed by atoms with van der Waals surface area (Å²) in [6.07, 6.45) is 0. The van der Waals surface area contributed by atoms with E-state index in [2.05, 4.69) is 6.58 Å². The summed E-state index contributed by atoms with van der Waals surface area (Å²) in [4.78, 5) is 11.8. The van der Waals surface area contributed by atoms with Crippen LogP contribution < -0.4 is 0 Å². The zero-order valence-corrected chi connectivity index (χ0v) is 15.3. The quantitative estimate of drug-likeness (QED) is 0.576. The highest BCUT2D eigenvalue weighted by atomic mass is 28.4. The van der Waals surface area contributed by atoms with Gasteiger partial charge in [-0.05, 0) is 23.9 Å². The van der Waals surface area contributed by atoms with Gasteiger partial charge in [0.1, 0.15) is 11.6 Å². The first-order valence-corrected chi connectivity index (χ1v) is 9.07. The van der Waals surface area contributed by atoms with Gasteiger partial charge in [0.25, 0.3) is 0 Å². The van der Waals surface area contributed by atoms with E-state index in [1.54, 1.807) is 57.4 Å². The molecule has 0 aliphatic heterocycles. The second kappa shape index (κ2) is 9.95. The van der Waals surface area contributed by atoms with Crippen molar-refractivity contribution in [3.05, 3.63) is 83.6 Å². The van der Waals surface area contributed by atoms with Gasteiger partial charge in [-0.2, -0.15) is 0 Å².